The Morgan fingerprint density at radius 1 is 1.00 bits per heavy atom. The maximum atomic E-state index is 13.0. The van der Waals surface area contributed by atoms with Gasteiger partial charge < -0.3 is 4.57 Å². The van der Waals surface area contributed by atoms with E-state index in [4.69, 9.17) is 0 Å². The van der Waals surface area contributed by atoms with Crippen LogP contribution >= 0.6 is 0 Å². The van der Waals surface area contributed by atoms with Gasteiger partial charge in [-0.3, -0.25) is 19.0 Å². The zero-order chi connectivity index (χ0) is 19.1. The Kier molecular flexibility index (Phi) is 3.96. The van der Waals surface area contributed by atoms with Gasteiger partial charge in [0.05, 0.1) is 5.69 Å². The van der Waals surface area contributed by atoms with Crippen LogP contribution in [0.25, 0.3) is 16.8 Å². The molecule has 0 amide bonds. The maximum absolute atomic E-state index is 13.0. The first-order valence-electron chi connectivity index (χ1n) is 8.57. The molecular formula is C21H18N4O2. The van der Waals surface area contributed by atoms with Crippen molar-refractivity contribution in [2.24, 2.45) is 7.05 Å². The molecule has 4 rings (SSSR count). The van der Waals surface area contributed by atoms with Crippen molar-refractivity contribution in [3.8, 4) is 11.1 Å². The Labute approximate surface area is 155 Å². The van der Waals surface area contributed by atoms with Crippen molar-refractivity contribution in [3.05, 3.63) is 88.0 Å². The molecule has 0 atom stereocenters. The van der Waals surface area contributed by atoms with Gasteiger partial charge in [-0.2, -0.15) is 0 Å². The van der Waals surface area contributed by atoms with Crippen LogP contribution in [0.1, 0.15) is 27.3 Å². The monoisotopic (exact) mass is 358 g/mol. The molecule has 0 saturated heterocycles. The summed E-state index contributed by atoms with van der Waals surface area (Å²) in [5.74, 6) is -0.101. The van der Waals surface area contributed by atoms with Crippen molar-refractivity contribution in [1.82, 2.24) is 18.9 Å². The van der Waals surface area contributed by atoms with Gasteiger partial charge in [-0.25, -0.2) is 4.98 Å². The minimum Gasteiger partial charge on any atom is -0.318 e. The molecule has 0 aliphatic heterocycles. The normalized spacial score (nSPS) is 11.1. The SMILES string of the molecule is Cc1nc2ccc(-c3cc(C)c(=O)n(C)c3)cn2c1C(=O)c1ccncc1. The Balaban J connectivity index is 1.90. The molecule has 0 fully saturated rings. The van der Waals surface area contributed by atoms with Crippen LogP contribution in [-0.2, 0) is 7.05 Å². The first-order valence-corrected chi connectivity index (χ1v) is 8.57. The summed E-state index contributed by atoms with van der Waals surface area (Å²) in [5.41, 5.74) is 4.93. The van der Waals surface area contributed by atoms with Gasteiger partial charge in [0, 0.05) is 43.0 Å². The van der Waals surface area contributed by atoms with Gasteiger partial charge in [-0.15, -0.1) is 0 Å². The highest BCUT2D eigenvalue weighted by Crippen LogP contribution is 2.23. The summed E-state index contributed by atoms with van der Waals surface area (Å²) in [6.45, 7) is 3.63. The number of ketones is 1. The second-order valence-electron chi connectivity index (χ2n) is 6.58. The first-order chi connectivity index (χ1) is 13.0. The molecule has 6 nitrogen and oxygen atoms in total. The Morgan fingerprint density at radius 3 is 2.44 bits per heavy atom. The Morgan fingerprint density at radius 2 is 1.74 bits per heavy atom. The van der Waals surface area contributed by atoms with Gasteiger partial charge in [0.1, 0.15) is 11.3 Å². The summed E-state index contributed by atoms with van der Waals surface area (Å²) in [6.07, 6.45) is 6.89. The van der Waals surface area contributed by atoms with Gasteiger partial charge in [0.2, 0.25) is 5.78 Å². The van der Waals surface area contributed by atoms with Crippen molar-refractivity contribution in [2.75, 3.05) is 0 Å². The summed E-state index contributed by atoms with van der Waals surface area (Å²) in [5, 5.41) is 0. The standard InChI is InChI=1S/C21H18N4O2/c1-13-10-17(11-24(3)21(13)27)16-4-5-18-23-14(2)19(25(18)12-16)20(26)15-6-8-22-9-7-15/h4-12H,1-3H3. The number of aryl methyl sites for hydroxylation is 3. The molecule has 0 aromatic carbocycles. The third-order valence-electron chi connectivity index (χ3n) is 4.65. The third-order valence-corrected chi connectivity index (χ3v) is 4.65. The molecular weight excluding hydrogens is 340 g/mol. The van der Waals surface area contributed by atoms with Crippen LogP contribution in [0.15, 0.2) is 59.9 Å². The molecule has 0 unspecified atom stereocenters. The van der Waals surface area contributed by atoms with Crippen LogP contribution in [0.4, 0.5) is 0 Å². The van der Waals surface area contributed by atoms with Gasteiger partial charge in [0.25, 0.3) is 5.56 Å². The fraction of sp³-hybridized carbons (Fsp3) is 0.143. The van der Waals surface area contributed by atoms with Crippen molar-refractivity contribution >= 4 is 11.4 Å². The molecule has 0 aliphatic carbocycles. The maximum Gasteiger partial charge on any atom is 0.253 e. The number of rotatable bonds is 3. The lowest BCUT2D eigenvalue weighted by Gasteiger charge is -2.08. The van der Waals surface area contributed by atoms with Crippen LogP contribution in [0, 0.1) is 13.8 Å². The van der Waals surface area contributed by atoms with Crippen LogP contribution < -0.4 is 5.56 Å². The highest BCUT2D eigenvalue weighted by molar-refractivity contribution is 6.09. The molecule has 6 heteroatoms. The number of hydrogen-bond donors (Lipinski definition) is 0. The van der Waals surface area contributed by atoms with Crippen molar-refractivity contribution in [1.29, 1.82) is 0 Å². The van der Waals surface area contributed by atoms with Crippen LogP contribution in [0.3, 0.4) is 0 Å². The Bertz CT molecular complexity index is 1210. The molecule has 27 heavy (non-hydrogen) atoms. The topological polar surface area (TPSA) is 69.3 Å². The van der Waals surface area contributed by atoms with Gasteiger partial charge >= 0.3 is 0 Å². The molecule has 134 valence electrons. The second kappa shape index (κ2) is 6.32. The minimum atomic E-state index is -0.101. The van der Waals surface area contributed by atoms with E-state index in [1.165, 1.54) is 0 Å². The van der Waals surface area contributed by atoms with Crippen molar-refractivity contribution < 1.29 is 4.79 Å². The van der Waals surface area contributed by atoms with E-state index in [0.717, 1.165) is 11.1 Å². The zero-order valence-electron chi connectivity index (χ0n) is 15.3. The van der Waals surface area contributed by atoms with E-state index in [9.17, 15) is 9.59 Å². The smallest absolute Gasteiger partial charge is 0.253 e. The molecule has 0 saturated carbocycles. The van der Waals surface area contributed by atoms with Gasteiger partial charge in [-0.05, 0) is 55.3 Å². The number of pyridine rings is 3. The lowest BCUT2D eigenvalue weighted by atomic mass is 10.1. The molecule has 0 bridgehead atoms. The number of fused-ring (bicyclic) bond motifs is 1. The van der Waals surface area contributed by atoms with E-state index in [1.807, 2.05) is 35.7 Å². The first kappa shape index (κ1) is 16.9. The quantitative estimate of drug-likeness (QED) is 0.528. The molecule has 0 radical (unpaired) electrons. The highest BCUT2D eigenvalue weighted by atomic mass is 16.1. The van der Waals surface area contributed by atoms with E-state index in [-0.39, 0.29) is 11.3 Å². The number of nitrogens with zero attached hydrogens (tertiary/aromatic N) is 4. The lowest BCUT2D eigenvalue weighted by Crippen LogP contribution is -2.18. The number of aromatic nitrogens is 4. The van der Waals surface area contributed by atoms with Gasteiger partial charge in [0.15, 0.2) is 0 Å². The second-order valence-corrected chi connectivity index (χ2v) is 6.58. The van der Waals surface area contributed by atoms with Crippen molar-refractivity contribution in [3.63, 3.8) is 0 Å². The van der Waals surface area contributed by atoms with Crippen LogP contribution in [0.5, 0.6) is 0 Å². The molecule has 0 aliphatic rings. The molecule has 4 heterocycles. The van der Waals surface area contributed by atoms with Crippen molar-refractivity contribution in [2.45, 2.75) is 13.8 Å². The zero-order valence-corrected chi connectivity index (χ0v) is 15.3. The number of imidazole rings is 1. The summed E-state index contributed by atoms with van der Waals surface area (Å²) in [7, 11) is 1.73. The molecule has 4 aromatic heterocycles. The van der Waals surface area contributed by atoms with Gasteiger partial charge in [-0.1, -0.05) is 0 Å². The number of carbonyl (C=O) groups is 1. The number of hydrogen-bond acceptors (Lipinski definition) is 4. The average molecular weight is 358 g/mol. The summed E-state index contributed by atoms with van der Waals surface area (Å²) in [4.78, 5) is 33.5. The summed E-state index contributed by atoms with van der Waals surface area (Å²) in [6, 6.07) is 9.08. The summed E-state index contributed by atoms with van der Waals surface area (Å²) < 4.78 is 3.38. The predicted octanol–water partition coefficient (Wildman–Crippen LogP) is 2.94. The highest BCUT2D eigenvalue weighted by Gasteiger charge is 2.18. The number of carbonyl (C=O) groups excluding carboxylic acids is 1. The van der Waals surface area contributed by atoms with E-state index in [2.05, 4.69) is 9.97 Å². The van der Waals surface area contributed by atoms with Crippen LogP contribution in [0.2, 0.25) is 0 Å². The fourth-order valence-corrected chi connectivity index (χ4v) is 3.28. The average Bonchev–Trinajstić information content (AvgIpc) is 3.00. The Hall–Kier alpha value is -3.54. The lowest BCUT2D eigenvalue weighted by molar-refractivity contribution is 0.103. The molecule has 4 aromatic rings. The molecule has 0 spiro atoms. The third kappa shape index (κ3) is 2.85. The summed E-state index contributed by atoms with van der Waals surface area (Å²) >= 11 is 0. The predicted molar refractivity (Wildman–Crippen MR) is 103 cm³/mol. The minimum absolute atomic E-state index is 0.0214. The fourth-order valence-electron chi connectivity index (χ4n) is 3.28. The van der Waals surface area contributed by atoms with E-state index >= 15 is 0 Å². The van der Waals surface area contributed by atoms with E-state index in [1.54, 1.807) is 49.3 Å². The van der Waals surface area contributed by atoms with Crippen LogP contribution in [-0.4, -0.2) is 24.7 Å². The largest absolute Gasteiger partial charge is 0.318 e. The molecule has 0 N–H and O–H groups in total. The van der Waals surface area contributed by atoms with E-state index in [0.29, 0.717) is 28.2 Å². The van der Waals surface area contributed by atoms with E-state index < -0.39 is 0 Å².